The lowest BCUT2D eigenvalue weighted by atomic mass is 10.1. The molecule has 0 saturated heterocycles. The number of hydrogen-bond acceptors (Lipinski definition) is 3. The summed E-state index contributed by atoms with van der Waals surface area (Å²) in [5, 5.41) is 9.81. The number of ketones is 1. The molecule has 17 heavy (non-hydrogen) atoms. The van der Waals surface area contributed by atoms with Crippen molar-refractivity contribution < 1.29 is 9.90 Å². The molecule has 0 heterocycles. The van der Waals surface area contributed by atoms with Crippen LogP contribution in [0.25, 0.3) is 0 Å². The molecule has 0 atom stereocenters. The second-order valence-electron chi connectivity index (χ2n) is 4.89. The van der Waals surface area contributed by atoms with E-state index in [1.165, 1.54) is 0 Å². The summed E-state index contributed by atoms with van der Waals surface area (Å²) in [6.45, 7) is 5.50. The first-order valence-electron chi connectivity index (χ1n) is 5.45. The van der Waals surface area contributed by atoms with Crippen LogP contribution in [0.1, 0.15) is 31.1 Å². The molecule has 0 spiro atoms. The number of rotatable bonds is 4. The highest BCUT2D eigenvalue weighted by atomic mass is 79.9. The Labute approximate surface area is 111 Å². The van der Waals surface area contributed by atoms with E-state index in [0.717, 1.165) is 10.2 Å². The summed E-state index contributed by atoms with van der Waals surface area (Å²) in [6, 6.07) is 5.53. The summed E-state index contributed by atoms with van der Waals surface area (Å²) < 4.78 is 0.917. The molecule has 0 fully saturated rings. The zero-order valence-electron chi connectivity index (χ0n) is 10.6. The predicted molar refractivity (Wildman–Crippen MR) is 73.7 cm³/mol. The standard InChI is InChI=1S/C13H18BrNO2/c1-9(16)11-6-5-10(14)7-12(11)15(4)8-13(2,3)17/h5-7,17H,8H2,1-4H3. The van der Waals surface area contributed by atoms with E-state index in [0.29, 0.717) is 12.1 Å². The maximum atomic E-state index is 11.5. The van der Waals surface area contributed by atoms with Crippen molar-refractivity contribution in [3.8, 4) is 0 Å². The minimum Gasteiger partial charge on any atom is -0.389 e. The lowest BCUT2D eigenvalue weighted by Gasteiger charge is -2.28. The Kier molecular flexibility index (Phi) is 4.33. The normalized spacial score (nSPS) is 11.4. The van der Waals surface area contributed by atoms with E-state index in [-0.39, 0.29) is 5.78 Å². The van der Waals surface area contributed by atoms with Crippen molar-refractivity contribution in [1.82, 2.24) is 0 Å². The molecule has 3 nitrogen and oxygen atoms in total. The molecule has 0 aromatic heterocycles. The summed E-state index contributed by atoms with van der Waals surface area (Å²) in [5.74, 6) is 0.0232. The maximum absolute atomic E-state index is 11.5. The number of carbonyl (C=O) groups excluding carboxylic acids is 1. The van der Waals surface area contributed by atoms with Gasteiger partial charge in [0.15, 0.2) is 5.78 Å². The first-order chi connectivity index (χ1) is 7.70. The Morgan fingerprint density at radius 2 is 2.06 bits per heavy atom. The van der Waals surface area contributed by atoms with Crippen LogP contribution in [-0.4, -0.2) is 30.1 Å². The molecule has 0 saturated carbocycles. The SMILES string of the molecule is CC(=O)c1ccc(Br)cc1N(C)CC(C)(C)O. The molecule has 0 aliphatic rings. The second kappa shape index (κ2) is 5.19. The van der Waals surface area contributed by atoms with Crippen molar-refractivity contribution in [3.05, 3.63) is 28.2 Å². The van der Waals surface area contributed by atoms with Crippen molar-refractivity contribution in [2.24, 2.45) is 0 Å². The Hall–Kier alpha value is -0.870. The Morgan fingerprint density at radius 1 is 1.47 bits per heavy atom. The third-order valence-electron chi connectivity index (χ3n) is 2.37. The molecule has 1 N–H and O–H groups in total. The molecule has 1 aromatic carbocycles. The number of hydrogen-bond donors (Lipinski definition) is 1. The van der Waals surface area contributed by atoms with Crippen LogP contribution in [0.3, 0.4) is 0 Å². The van der Waals surface area contributed by atoms with Gasteiger partial charge in [-0.3, -0.25) is 4.79 Å². The lowest BCUT2D eigenvalue weighted by Crippen LogP contribution is -2.36. The Morgan fingerprint density at radius 3 is 2.53 bits per heavy atom. The van der Waals surface area contributed by atoms with E-state index >= 15 is 0 Å². The molecule has 0 bridgehead atoms. The number of carbonyl (C=O) groups is 1. The van der Waals surface area contributed by atoms with Crippen LogP contribution in [0, 0.1) is 0 Å². The van der Waals surface area contributed by atoms with Crippen LogP contribution < -0.4 is 4.90 Å². The minimum absolute atomic E-state index is 0.0232. The lowest BCUT2D eigenvalue weighted by molar-refractivity contribution is 0.0882. The second-order valence-corrected chi connectivity index (χ2v) is 5.80. The smallest absolute Gasteiger partial charge is 0.161 e. The molecular weight excluding hydrogens is 282 g/mol. The summed E-state index contributed by atoms with van der Waals surface area (Å²) in [6.07, 6.45) is 0. The van der Waals surface area contributed by atoms with E-state index in [9.17, 15) is 9.90 Å². The molecule has 0 radical (unpaired) electrons. The van der Waals surface area contributed by atoms with Crippen LogP contribution in [-0.2, 0) is 0 Å². The number of anilines is 1. The van der Waals surface area contributed by atoms with Gasteiger partial charge >= 0.3 is 0 Å². The zero-order valence-corrected chi connectivity index (χ0v) is 12.2. The van der Waals surface area contributed by atoms with Gasteiger partial charge < -0.3 is 10.0 Å². The van der Waals surface area contributed by atoms with Crippen LogP contribution in [0.2, 0.25) is 0 Å². The number of Topliss-reactive ketones (excluding diaryl/α,β-unsaturated/α-hetero) is 1. The van der Waals surface area contributed by atoms with E-state index < -0.39 is 5.60 Å². The zero-order chi connectivity index (χ0) is 13.2. The fourth-order valence-corrected chi connectivity index (χ4v) is 2.13. The Bertz CT molecular complexity index is 424. The summed E-state index contributed by atoms with van der Waals surface area (Å²) in [5.41, 5.74) is 0.694. The van der Waals surface area contributed by atoms with Gasteiger partial charge in [0.1, 0.15) is 0 Å². The highest BCUT2D eigenvalue weighted by Gasteiger charge is 2.19. The average molecular weight is 300 g/mol. The average Bonchev–Trinajstić information content (AvgIpc) is 2.14. The maximum Gasteiger partial charge on any atom is 0.161 e. The van der Waals surface area contributed by atoms with Gasteiger partial charge in [0, 0.05) is 29.3 Å². The van der Waals surface area contributed by atoms with Gasteiger partial charge in [-0.15, -0.1) is 0 Å². The van der Waals surface area contributed by atoms with E-state index in [1.54, 1.807) is 26.8 Å². The number of halogens is 1. The molecule has 0 unspecified atom stereocenters. The number of likely N-dealkylation sites (N-methyl/N-ethyl adjacent to an activating group) is 1. The molecule has 1 rings (SSSR count). The van der Waals surface area contributed by atoms with E-state index in [4.69, 9.17) is 0 Å². The van der Waals surface area contributed by atoms with Gasteiger partial charge in [0.2, 0.25) is 0 Å². The molecule has 0 amide bonds. The van der Waals surface area contributed by atoms with Crippen LogP contribution in [0.5, 0.6) is 0 Å². The van der Waals surface area contributed by atoms with Crippen molar-refractivity contribution in [2.45, 2.75) is 26.4 Å². The van der Waals surface area contributed by atoms with Gasteiger partial charge in [-0.2, -0.15) is 0 Å². The van der Waals surface area contributed by atoms with Gasteiger partial charge in [0.25, 0.3) is 0 Å². The topological polar surface area (TPSA) is 40.5 Å². The highest BCUT2D eigenvalue weighted by molar-refractivity contribution is 9.10. The molecule has 0 aliphatic heterocycles. The minimum atomic E-state index is -0.800. The van der Waals surface area contributed by atoms with Crippen molar-refractivity contribution in [2.75, 3.05) is 18.5 Å². The Balaban J connectivity index is 3.10. The molecule has 0 aliphatic carbocycles. The van der Waals surface area contributed by atoms with E-state index in [1.807, 2.05) is 24.1 Å². The van der Waals surface area contributed by atoms with Crippen LogP contribution in [0.15, 0.2) is 22.7 Å². The largest absolute Gasteiger partial charge is 0.389 e. The number of aliphatic hydroxyl groups is 1. The summed E-state index contributed by atoms with van der Waals surface area (Å²) in [4.78, 5) is 13.4. The van der Waals surface area contributed by atoms with E-state index in [2.05, 4.69) is 15.9 Å². The van der Waals surface area contributed by atoms with Gasteiger partial charge in [0.05, 0.1) is 5.60 Å². The third kappa shape index (κ3) is 4.13. The van der Waals surface area contributed by atoms with Gasteiger partial charge in [-0.25, -0.2) is 0 Å². The first kappa shape index (κ1) is 14.2. The van der Waals surface area contributed by atoms with Crippen molar-refractivity contribution in [1.29, 1.82) is 0 Å². The van der Waals surface area contributed by atoms with Crippen LogP contribution in [0.4, 0.5) is 5.69 Å². The molecule has 4 heteroatoms. The van der Waals surface area contributed by atoms with Gasteiger partial charge in [-0.05, 0) is 39.0 Å². The summed E-state index contributed by atoms with van der Waals surface area (Å²) >= 11 is 3.39. The monoisotopic (exact) mass is 299 g/mol. The third-order valence-corrected chi connectivity index (χ3v) is 2.87. The van der Waals surface area contributed by atoms with Gasteiger partial charge in [-0.1, -0.05) is 15.9 Å². The summed E-state index contributed by atoms with van der Waals surface area (Å²) in [7, 11) is 1.87. The first-order valence-corrected chi connectivity index (χ1v) is 6.24. The van der Waals surface area contributed by atoms with Crippen molar-refractivity contribution in [3.63, 3.8) is 0 Å². The fourth-order valence-electron chi connectivity index (χ4n) is 1.78. The molecular formula is C13H18BrNO2. The van der Waals surface area contributed by atoms with Crippen LogP contribution >= 0.6 is 15.9 Å². The number of nitrogens with zero attached hydrogens (tertiary/aromatic N) is 1. The fraction of sp³-hybridized carbons (Fsp3) is 0.462. The predicted octanol–water partition coefficient (Wildman–Crippen LogP) is 2.86. The van der Waals surface area contributed by atoms with Crippen molar-refractivity contribution >= 4 is 27.4 Å². The quantitative estimate of drug-likeness (QED) is 0.869. The highest BCUT2D eigenvalue weighted by Crippen LogP contribution is 2.26. The molecule has 1 aromatic rings. The number of benzene rings is 1. The molecule has 94 valence electrons.